The zero-order chi connectivity index (χ0) is 13.2. The Hall–Kier alpha value is -0.860. The second-order valence-corrected chi connectivity index (χ2v) is 5.91. The highest BCUT2D eigenvalue weighted by Crippen LogP contribution is 2.44. The first kappa shape index (κ1) is 13.1. The van der Waals surface area contributed by atoms with E-state index in [1.165, 1.54) is 30.4 Å². The van der Waals surface area contributed by atoms with Crippen molar-refractivity contribution in [3.63, 3.8) is 0 Å². The van der Waals surface area contributed by atoms with E-state index >= 15 is 0 Å². The Labute approximate surface area is 116 Å². The van der Waals surface area contributed by atoms with Crippen LogP contribution in [-0.4, -0.2) is 18.8 Å². The second kappa shape index (κ2) is 5.64. The summed E-state index contributed by atoms with van der Waals surface area (Å²) in [6.45, 7) is 5.45. The van der Waals surface area contributed by atoms with Gasteiger partial charge in [0, 0.05) is 12.0 Å². The van der Waals surface area contributed by atoms with Gasteiger partial charge in [-0.3, -0.25) is 0 Å². The summed E-state index contributed by atoms with van der Waals surface area (Å²) in [5.41, 5.74) is 2.88. The molecule has 19 heavy (non-hydrogen) atoms. The maximum atomic E-state index is 6.05. The van der Waals surface area contributed by atoms with Crippen LogP contribution >= 0.6 is 0 Å². The Morgan fingerprint density at radius 2 is 2.21 bits per heavy atom. The van der Waals surface area contributed by atoms with Gasteiger partial charge in [-0.15, -0.1) is 0 Å². The number of aryl methyl sites for hydroxylation is 1. The van der Waals surface area contributed by atoms with E-state index in [2.05, 4.69) is 43.4 Å². The highest BCUT2D eigenvalue weighted by Gasteiger charge is 2.44. The summed E-state index contributed by atoms with van der Waals surface area (Å²) in [6, 6.07) is 9.54. The molecule has 2 aliphatic heterocycles. The first-order valence-electron chi connectivity index (χ1n) is 7.79. The molecular formula is C17H25NO. The Morgan fingerprint density at radius 3 is 2.84 bits per heavy atom. The lowest BCUT2D eigenvalue weighted by Gasteiger charge is -2.29. The molecule has 1 aromatic rings. The van der Waals surface area contributed by atoms with Gasteiger partial charge in [-0.25, -0.2) is 0 Å². The summed E-state index contributed by atoms with van der Waals surface area (Å²) in [5, 5.41) is 3.70. The maximum Gasteiger partial charge on any atom is 0.0627 e. The van der Waals surface area contributed by atoms with Crippen molar-refractivity contribution in [2.24, 2.45) is 5.92 Å². The predicted molar refractivity (Wildman–Crippen MR) is 78.2 cm³/mol. The van der Waals surface area contributed by atoms with Crippen LogP contribution in [0.5, 0.6) is 0 Å². The fourth-order valence-electron chi connectivity index (χ4n) is 3.77. The quantitative estimate of drug-likeness (QED) is 0.874. The smallest absolute Gasteiger partial charge is 0.0627 e. The number of hydrogen-bond acceptors (Lipinski definition) is 2. The van der Waals surface area contributed by atoms with Crippen LogP contribution in [0.25, 0.3) is 0 Å². The van der Waals surface area contributed by atoms with Crippen LogP contribution in [0, 0.1) is 5.92 Å². The van der Waals surface area contributed by atoms with Gasteiger partial charge in [-0.2, -0.15) is 0 Å². The molecule has 0 aliphatic carbocycles. The molecule has 2 heterocycles. The van der Waals surface area contributed by atoms with Gasteiger partial charge in [0.05, 0.1) is 12.2 Å². The predicted octanol–water partition coefficient (Wildman–Crippen LogP) is 3.47. The lowest BCUT2D eigenvalue weighted by atomic mass is 9.80. The van der Waals surface area contributed by atoms with E-state index in [0.29, 0.717) is 24.2 Å². The van der Waals surface area contributed by atoms with E-state index in [-0.39, 0.29) is 0 Å². The van der Waals surface area contributed by atoms with Crippen molar-refractivity contribution >= 4 is 0 Å². The number of hydrogen-bond donors (Lipinski definition) is 1. The van der Waals surface area contributed by atoms with Crippen LogP contribution in [0.2, 0.25) is 0 Å². The minimum Gasteiger partial charge on any atom is -0.375 e. The molecule has 3 rings (SSSR count). The highest BCUT2D eigenvalue weighted by atomic mass is 16.5. The fourth-order valence-corrected chi connectivity index (χ4v) is 3.77. The van der Waals surface area contributed by atoms with Crippen LogP contribution in [0.1, 0.15) is 50.3 Å². The van der Waals surface area contributed by atoms with Crippen LogP contribution < -0.4 is 5.32 Å². The summed E-state index contributed by atoms with van der Waals surface area (Å²) >= 11 is 0. The van der Waals surface area contributed by atoms with Crippen LogP contribution in [0.3, 0.4) is 0 Å². The first-order valence-corrected chi connectivity index (χ1v) is 7.79. The van der Waals surface area contributed by atoms with Gasteiger partial charge in [0.1, 0.15) is 0 Å². The SMILES string of the molecule is CCNC(c1cccc(CC)c1)C1CC2CCC1O2. The Morgan fingerprint density at radius 1 is 1.32 bits per heavy atom. The molecule has 2 bridgehead atoms. The molecular weight excluding hydrogens is 234 g/mol. The first-order chi connectivity index (χ1) is 9.31. The van der Waals surface area contributed by atoms with Gasteiger partial charge in [-0.05, 0) is 43.4 Å². The molecule has 0 aromatic heterocycles. The third-order valence-corrected chi connectivity index (χ3v) is 4.72. The molecule has 0 radical (unpaired) electrons. The van der Waals surface area contributed by atoms with Crippen molar-refractivity contribution in [3.05, 3.63) is 35.4 Å². The van der Waals surface area contributed by atoms with E-state index in [4.69, 9.17) is 4.74 Å². The van der Waals surface area contributed by atoms with E-state index in [1.54, 1.807) is 0 Å². The van der Waals surface area contributed by atoms with Crippen molar-refractivity contribution in [2.75, 3.05) is 6.54 Å². The lowest BCUT2D eigenvalue weighted by Crippen LogP contribution is -2.33. The molecule has 2 fully saturated rings. The van der Waals surface area contributed by atoms with Crippen molar-refractivity contribution in [3.8, 4) is 0 Å². The highest BCUT2D eigenvalue weighted by molar-refractivity contribution is 5.27. The summed E-state index contributed by atoms with van der Waals surface area (Å²) in [5.74, 6) is 0.658. The minimum atomic E-state index is 0.465. The maximum absolute atomic E-state index is 6.05. The van der Waals surface area contributed by atoms with Gasteiger partial charge >= 0.3 is 0 Å². The van der Waals surface area contributed by atoms with Crippen molar-refractivity contribution in [1.29, 1.82) is 0 Å². The summed E-state index contributed by atoms with van der Waals surface area (Å²) in [7, 11) is 0. The molecule has 2 nitrogen and oxygen atoms in total. The molecule has 0 amide bonds. The third kappa shape index (κ3) is 2.56. The minimum absolute atomic E-state index is 0.465. The zero-order valence-corrected chi connectivity index (χ0v) is 12.1. The Bertz CT molecular complexity index is 431. The topological polar surface area (TPSA) is 21.3 Å². The second-order valence-electron chi connectivity index (χ2n) is 5.91. The molecule has 0 spiro atoms. The largest absolute Gasteiger partial charge is 0.375 e. The summed E-state index contributed by atoms with van der Waals surface area (Å²) in [6.07, 6.45) is 5.89. The van der Waals surface area contributed by atoms with Gasteiger partial charge in [-0.1, -0.05) is 38.1 Å². The molecule has 0 saturated carbocycles. The van der Waals surface area contributed by atoms with Crippen LogP contribution in [-0.2, 0) is 11.2 Å². The molecule has 104 valence electrons. The number of benzene rings is 1. The molecule has 1 aromatic carbocycles. The molecule has 1 N–H and O–H groups in total. The zero-order valence-electron chi connectivity index (χ0n) is 12.1. The number of ether oxygens (including phenoxy) is 1. The summed E-state index contributed by atoms with van der Waals surface area (Å²) < 4.78 is 6.05. The van der Waals surface area contributed by atoms with Gasteiger partial charge < -0.3 is 10.1 Å². The van der Waals surface area contributed by atoms with Crippen LogP contribution in [0.15, 0.2) is 24.3 Å². The Kier molecular flexibility index (Phi) is 3.90. The summed E-state index contributed by atoms with van der Waals surface area (Å²) in [4.78, 5) is 0. The van der Waals surface area contributed by atoms with Gasteiger partial charge in [0.2, 0.25) is 0 Å². The van der Waals surface area contributed by atoms with Gasteiger partial charge in [0.25, 0.3) is 0 Å². The monoisotopic (exact) mass is 259 g/mol. The average Bonchev–Trinajstić information content (AvgIpc) is 3.07. The van der Waals surface area contributed by atoms with E-state index in [1.807, 2.05) is 0 Å². The third-order valence-electron chi connectivity index (χ3n) is 4.72. The van der Waals surface area contributed by atoms with E-state index < -0.39 is 0 Å². The molecule has 2 saturated heterocycles. The number of fused-ring (bicyclic) bond motifs is 2. The van der Waals surface area contributed by atoms with Crippen molar-refractivity contribution < 1.29 is 4.74 Å². The van der Waals surface area contributed by atoms with Gasteiger partial charge in [0.15, 0.2) is 0 Å². The van der Waals surface area contributed by atoms with E-state index in [9.17, 15) is 0 Å². The normalized spacial score (nSPS) is 30.7. The molecule has 2 aliphatic rings. The van der Waals surface area contributed by atoms with Crippen molar-refractivity contribution in [1.82, 2.24) is 5.32 Å². The average molecular weight is 259 g/mol. The molecule has 2 heteroatoms. The standard InChI is InChI=1S/C17H25NO/c1-3-12-6-5-7-13(10-12)17(18-4-2)15-11-14-8-9-16(15)19-14/h5-7,10,14-18H,3-4,8-9,11H2,1-2H3. The number of nitrogens with one attached hydrogen (secondary N) is 1. The lowest BCUT2D eigenvalue weighted by molar-refractivity contribution is 0.0858. The fraction of sp³-hybridized carbons (Fsp3) is 0.647. The molecule has 4 atom stereocenters. The van der Waals surface area contributed by atoms with E-state index in [0.717, 1.165) is 13.0 Å². The molecule has 4 unspecified atom stereocenters. The van der Waals surface area contributed by atoms with Crippen LogP contribution in [0.4, 0.5) is 0 Å². The Balaban J connectivity index is 1.83. The van der Waals surface area contributed by atoms with Crippen molar-refractivity contribution in [2.45, 2.75) is 57.8 Å². The number of rotatable bonds is 5.